The van der Waals surface area contributed by atoms with Crippen LogP contribution in [0.4, 0.5) is 0 Å². The van der Waals surface area contributed by atoms with Gasteiger partial charge >= 0.3 is 0 Å². The first-order valence-electron chi connectivity index (χ1n) is 6.41. The van der Waals surface area contributed by atoms with Gasteiger partial charge in [0.15, 0.2) is 0 Å². The van der Waals surface area contributed by atoms with Crippen molar-refractivity contribution in [3.8, 4) is 5.75 Å². The number of pyridine rings is 1. The summed E-state index contributed by atoms with van der Waals surface area (Å²) < 4.78 is 1.56. The summed E-state index contributed by atoms with van der Waals surface area (Å²) in [6.45, 7) is 4.29. The van der Waals surface area contributed by atoms with Gasteiger partial charge in [-0.05, 0) is 18.1 Å². The zero-order chi connectivity index (χ0) is 14.3. The van der Waals surface area contributed by atoms with E-state index in [0.29, 0.717) is 11.9 Å². The normalized spacial score (nSPS) is 12.6. The van der Waals surface area contributed by atoms with E-state index in [9.17, 15) is 14.7 Å². The van der Waals surface area contributed by atoms with Gasteiger partial charge in [-0.2, -0.15) is 0 Å². The van der Waals surface area contributed by atoms with E-state index in [0.717, 1.165) is 17.5 Å². The molecule has 1 aliphatic rings. The Kier molecular flexibility index (Phi) is 2.82. The largest absolute Gasteiger partial charge is 0.506 e. The maximum Gasteiger partial charge on any atom is 0.267 e. The molecule has 5 heteroatoms. The number of nitrogens with zero attached hydrogens (tertiary/aromatic N) is 1. The molecule has 0 saturated carbocycles. The number of aryl methyl sites for hydroxylation is 2. The van der Waals surface area contributed by atoms with E-state index >= 15 is 0 Å². The van der Waals surface area contributed by atoms with Gasteiger partial charge in [-0.1, -0.05) is 18.2 Å². The highest BCUT2D eigenvalue weighted by Crippen LogP contribution is 2.31. The SMILES string of the molecule is C=CCNC(=O)c1c(O)c2cccc3c2n(c1=O)CC3. The van der Waals surface area contributed by atoms with Crippen molar-refractivity contribution in [2.24, 2.45) is 0 Å². The number of aromatic nitrogens is 1. The molecule has 0 saturated heterocycles. The van der Waals surface area contributed by atoms with Crippen LogP contribution in [0.1, 0.15) is 15.9 Å². The molecule has 1 amide bonds. The molecule has 0 radical (unpaired) electrons. The van der Waals surface area contributed by atoms with Gasteiger partial charge in [0.1, 0.15) is 11.3 Å². The van der Waals surface area contributed by atoms with Crippen molar-refractivity contribution < 1.29 is 9.90 Å². The lowest BCUT2D eigenvalue weighted by Crippen LogP contribution is -2.32. The minimum atomic E-state index is -0.574. The number of carbonyl (C=O) groups excluding carboxylic acids is 1. The number of aromatic hydroxyl groups is 1. The highest BCUT2D eigenvalue weighted by Gasteiger charge is 2.25. The Balaban J connectivity index is 2.29. The second-order valence-electron chi connectivity index (χ2n) is 4.74. The first-order chi connectivity index (χ1) is 9.65. The predicted molar refractivity (Wildman–Crippen MR) is 76.1 cm³/mol. The van der Waals surface area contributed by atoms with Crippen LogP contribution in [0.2, 0.25) is 0 Å². The average Bonchev–Trinajstić information content (AvgIpc) is 2.88. The second-order valence-corrected chi connectivity index (χ2v) is 4.74. The lowest BCUT2D eigenvalue weighted by Gasteiger charge is -2.11. The monoisotopic (exact) mass is 270 g/mol. The lowest BCUT2D eigenvalue weighted by atomic mass is 10.1. The molecule has 5 nitrogen and oxygen atoms in total. The van der Waals surface area contributed by atoms with Crippen molar-refractivity contribution in [2.75, 3.05) is 6.54 Å². The van der Waals surface area contributed by atoms with Crippen molar-refractivity contribution >= 4 is 16.8 Å². The molecule has 1 aromatic heterocycles. The van der Waals surface area contributed by atoms with Crippen molar-refractivity contribution in [1.82, 2.24) is 9.88 Å². The van der Waals surface area contributed by atoms with Crippen molar-refractivity contribution in [2.45, 2.75) is 13.0 Å². The second kappa shape index (κ2) is 4.52. The first-order valence-corrected chi connectivity index (χ1v) is 6.41. The fourth-order valence-corrected chi connectivity index (χ4v) is 2.68. The molecule has 3 rings (SSSR count). The van der Waals surface area contributed by atoms with Crippen LogP contribution in [-0.4, -0.2) is 22.1 Å². The van der Waals surface area contributed by atoms with Gasteiger partial charge in [0, 0.05) is 18.5 Å². The maximum atomic E-state index is 12.4. The molecular weight excluding hydrogens is 256 g/mol. The van der Waals surface area contributed by atoms with Crippen LogP contribution < -0.4 is 10.9 Å². The fraction of sp³-hybridized carbons (Fsp3) is 0.200. The van der Waals surface area contributed by atoms with Gasteiger partial charge in [0.25, 0.3) is 11.5 Å². The first kappa shape index (κ1) is 12.5. The molecule has 2 heterocycles. The highest BCUT2D eigenvalue weighted by molar-refractivity contribution is 6.03. The Morgan fingerprint density at radius 1 is 1.50 bits per heavy atom. The van der Waals surface area contributed by atoms with Gasteiger partial charge in [-0.3, -0.25) is 9.59 Å². The third kappa shape index (κ3) is 1.63. The molecule has 0 fully saturated rings. The molecular formula is C15H14N2O3. The zero-order valence-electron chi connectivity index (χ0n) is 10.8. The van der Waals surface area contributed by atoms with E-state index < -0.39 is 11.5 Å². The average molecular weight is 270 g/mol. The summed E-state index contributed by atoms with van der Waals surface area (Å²) >= 11 is 0. The summed E-state index contributed by atoms with van der Waals surface area (Å²) in [4.78, 5) is 24.4. The molecule has 20 heavy (non-hydrogen) atoms. The predicted octanol–water partition coefficient (Wildman–Crippen LogP) is 1.18. The number of carbonyl (C=O) groups is 1. The van der Waals surface area contributed by atoms with Crippen LogP contribution in [0.5, 0.6) is 5.75 Å². The third-order valence-electron chi connectivity index (χ3n) is 3.58. The summed E-state index contributed by atoms with van der Waals surface area (Å²) in [6, 6.07) is 5.48. The molecule has 0 unspecified atom stereocenters. The number of hydrogen-bond acceptors (Lipinski definition) is 3. The minimum absolute atomic E-state index is 0.196. The van der Waals surface area contributed by atoms with Crippen LogP contribution in [0.3, 0.4) is 0 Å². The number of benzene rings is 1. The van der Waals surface area contributed by atoms with E-state index in [-0.39, 0.29) is 17.9 Å². The summed E-state index contributed by atoms with van der Waals surface area (Å²) in [6.07, 6.45) is 2.26. The molecule has 1 aliphatic heterocycles. The zero-order valence-corrected chi connectivity index (χ0v) is 10.8. The number of rotatable bonds is 3. The van der Waals surface area contributed by atoms with Crippen LogP contribution in [-0.2, 0) is 13.0 Å². The third-order valence-corrected chi connectivity index (χ3v) is 3.58. The Labute approximate surface area is 115 Å². The quantitative estimate of drug-likeness (QED) is 0.823. The van der Waals surface area contributed by atoms with Gasteiger partial charge in [0.2, 0.25) is 0 Å². The molecule has 2 aromatic rings. The molecule has 1 aromatic carbocycles. The summed E-state index contributed by atoms with van der Waals surface area (Å²) in [5.74, 6) is -0.818. The van der Waals surface area contributed by atoms with E-state index in [2.05, 4.69) is 11.9 Å². The number of amides is 1. The smallest absolute Gasteiger partial charge is 0.267 e. The highest BCUT2D eigenvalue weighted by atomic mass is 16.3. The van der Waals surface area contributed by atoms with E-state index in [1.807, 2.05) is 12.1 Å². The Hall–Kier alpha value is -2.56. The molecule has 0 bridgehead atoms. The summed E-state index contributed by atoms with van der Waals surface area (Å²) in [5, 5.41) is 13.4. The molecule has 0 spiro atoms. The molecule has 102 valence electrons. The number of para-hydroxylation sites is 1. The van der Waals surface area contributed by atoms with Gasteiger partial charge in [0.05, 0.1) is 5.52 Å². The Morgan fingerprint density at radius 3 is 3.05 bits per heavy atom. The Bertz CT molecular complexity index is 790. The fourth-order valence-electron chi connectivity index (χ4n) is 2.68. The molecule has 2 N–H and O–H groups in total. The summed E-state index contributed by atoms with van der Waals surface area (Å²) in [7, 11) is 0. The van der Waals surface area contributed by atoms with Crippen molar-refractivity contribution in [1.29, 1.82) is 0 Å². The molecule has 0 aliphatic carbocycles. The van der Waals surface area contributed by atoms with Crippen LogP contribution in [0, 0.1) is 0 Å². The van der Waals surface area contributed by atoms with Crippen LogP contribution >= 0.6 is 0 Å². The van der Waals surface area contributed by atoms with Crippen molar-refractivity contribution in [3.05, 3.63) is 52.3 Å². The van der Waals surface area contributed by atoms with E-state index in [1.165, 1.54) is 6.08 Å². The van der Waals surface area contributed by atoms with Crippen LogP contribution in [0.15, 0.2) is 35.6 Å². The maximum absolute atomic E-state index is 12.4. The van der Waals surface area contributed by atoms with Crippen LogP contribution in [0.25, 0.3) is 10.9 Å². The topological polar surface area (TPSA) is 71.3 Å². The number of hydrogen-bond donors (Lipinski definition) is 2. The Morgan fingerprint density at radius 2 is 2.30 bits per heavy atom. The van der Waals surface area contributed by atoms with Gasteiger partial charge in [-0.15, -0.1) is 6.58 Å². The number of nitrogens with one attached hydrogen (secondary N) is 1. The van der Waals surface area contributed by atoms with Gasteiger partial charge in [-0.25, -0.2) is 0 Å². The minimum Gasteiger partial charge on any atom is -0.506 e. The molecule has 0 atom stereocenters. The summed E-state index contributed by atoms with van der Waals surface area (Å²) in [5.41, 5.74) is 1.11. The van der Waals surface area contributed by atoms with Gasteiger partial charge < -0.3 is 15.0 Å². The standard InChI is InChI=1S/C15H14N2O3/c1-2-7-16-14(19)11-13(18)10-5-3-4-9-6-8-17(12(9)10)15(11)20/h2-5,18H,1,6-8H2,(H,16,19). The van der Waals surface area contributed by atoms with E-state index in [1.54, 1.807) is 10.6 Å². The van der Waals surface area contributed by atoms with Crippen molar-refractivity contribution in [3.63, 3.8) is 0 Å². The van der Waals surface area contributed by atoms with E-state index in [4.69, 9.17) is 0 Å². The lowest BCUT2D eigenvalue weighted by molar-refractivity contribution is 0.0953.